The first kappa shape index (κ1) is 23.5. The van der Waals surface area contributed by atoms with Crippen LogP contribution in [0, 0.1) is 0 Å². The third-order valence-corrected chi connectivity index (χ3v) is 4.65. The SMILES string of the molecule is Cl.O=C(Cc1ccccn1)Nc1ccc(CCCNCC(O)c2ccccc2)cc1. The van der Waals surface area contributed by atoms with E-state index in [2.05, 4.69) is 15.6 Å². The minimum atomic E-state index is -0.481. The molecule has 0 fully saturated rings. The number of carbonyl (C=O) groups excluding carboxylic acids is 1. The molecule has 0 radical (unpaired) electrons. The Labute approximate surface area is 184 Å². The molecule has 0 aliphatic heterocycles. The van der Waals surface area contributed by atoms with Crippen molar-refractivity contribution in [1.29, 1.82) is 0 Å². The zero-order valence-electron chi connectivity index (χ0n) is 16.8. The van der Waals surface area contributed by atoms with E-state index < -0.39 is 6.10 Å². The van der Waals surface area contributed by atoms with Crippen molar-refractivity contribution in [1.82, 2.24) is 10.3 Å². The van der Waals surface area contributed by atoms with E-state index in [0.717, 1.165) is 36.3 Å². The maximum atomic E-state index is 12.1. The molecule has 1 aromatic heterocycles. The highest BCUT2D eigenvalue weighted by molar-refractivity contribution is 5.92. The summed E-state index contributed by atoms with van der Waals surface area (Å²) < 4.78 is 0. The van der Waals surface area contributed by atoms with Gasteiger partial charge in [-0.05, 0) is 54.8 Å². The quantitative estimate of drug-likeness (QED) is 0.430. The van der Waals surface area contributed by atoms with E-state index in [1.54, 1.807) is 6.20 Å². The molecule has 3 N–H and O–H groups in total. The number of pyridine rings is 1. The van der Waals surface area contributed by atoms with Gasteiger partial charge in [-0.1, -0.05) is 48.5 Å². The van der Waals surface area contributed by atoms with Gasteiger partial charge in [-0.15, -0.1) is 12.4 Å². The maximum absolute atomic E-state index is 12.1. The van der Waals surface area contributed by atoms with Crippen LogP contribution < -0.4 is 10.6 Å². The summed E-state index contributed by atoms with van der Waals surface area (Å²) in [6, 6.07) is 23.2. The van der Waals surface area contributed by atoms with E-state index in [9.17, 15) is 9.90 Å². The zero-order chi connectivity index (χ0) is 20.3. The molecular weight excluding hydrogens is 398 g/mol. The number of aryl methyl sites for hydroxylation is 1. The number of amides is 1. The second-order valence-electron chi connectivity index (χ2n) is 6.98. The number of aliphatic hydroxyl groups excluding tert-OH is 1. The van der Waals surface area contributed by atoms with Crippen LogP contribution in [0.4, 0.5) is 5.69 Å². The monoisotopic (exact) mass is 425 g/mol. The minimum absolute atomic E-state index is 0. The van der Waals surface area contributed by atoms with Crippen LogP contribution in [0.5, 0.6) is 0 Å². The highest BCUT2D eigenvalue weighted by Gasteiger charge is 2.06. The van der Waals surface area contributed by atoms with E-state index >= 15 is 0 Å². The summed E-state index contributed by atoms with van der Waals surface area (Å²) in [5.41, 5.74) is 3.70. The third kappa shape index (κ3) is 7.95. The Bertz CT molecular complexity index is 874. The van der Waals surface area contributed by atoms with E-state index in [1.165, 1.54) is 5.56 Å². The molecule has 6 heteroatoms. The number of benzene rings is 2. The molecule has 1 atom stereocenters. The van der Waals surface area contributed by atoms with Gasteiger partial charge in [-0.2, -0.15) is 0 Å². The smallest absolute Gasteiger partial charge is 0.230 e. The number of nitrogens with one attached hydrogen (secondary N) is 2. The Hall–Kier alpha value is -2.73. The average molecular weight is 426 g/mol. The zero-order valence-corrected chi connectivity index (χ0v) is 17.6. The fraction of sp³-hybridized carbons (Fsp3) is 0.250. The molecule has 0 spiro atoms. The summed E-state index contributed by atoms with van der Waals surface area (Å²) in [6.07, 6.45) is 3.39. The number of halogens is 1. The van der Waals surface area contributed by atoms with E-state index in [0.29, 0.717) is 6.54 Å². The summed E-state index contributed by atoms with van der Waals surface area (Å²) >= 11 is 0. The lowest BCUT2D eigenvalue weighted by Crippen LogP contribution is -2.22. The number of nitrogens with zero attached hydrogens (tertiary/aromatic N) is 1. The van der Waals surface area contributed by atoms with Gasteiger partial charge >= 0.3 is 0 Å². The maximum Gasteiger partial charge on any atom is 0.230 e. The van der Waals surface area contributed by atoms with Crippen LogP contribution in [0.3, 0.4) is 0 Å². The van der Waals surface area contributed by atoms with Crippen molar-refractivity contribution >= 4 is 24.0 Å². The third-order valence-electron chi connectivity index (χ3n) is 4.65. The predicted molar refractivity (Wildman–Crippen MR) is 123 cm³/mol. The van der Waals surface area contributed by atoms with Gasteiger partial charge < -0.3 is 15.7 Å². The van der Waals surface area contributed by atoms with Crippen molar-refractivity contribution in [3.8, 4) is 0 Å². The number of carbonyl (C=O) groups is 1. The van der Waals surface area contributed by atoms with Crippen LogP contribution in [0.2, 0.25) is 0 Å². The van der Waals surface area contributed by atoms with Crippen LogP contribution in [-0.2, 0) is 17.6 Å². The summed E-state index contributed by atoms with van der Waals surface area (Å²) in [5.74, 6) is -0.0716. The van der Waals surface area contributed by atoms with Crippen molar-refractivity contribution in [2.45, 2.75) is 25.4 Å². The van der Waals surface area contributed by atoms with Crippen LogP contribution in [0.1, 0.15) is 29.3 Å². The molecule has 0 bridgehead atoms. The van der Waals surface area contributed by atoms with Crippen LogP contribution in [0.15, 0.2) is 79.0 Å². The van der Waals surface area contributed by atoms with Gasteiger partial charge in [0.15, 0.2) is 0 Å². The first-order chi connectivity index (χ1) is 14.2. The van der Waals surface area contributed by atoms with E-state index in [-0.39, 0.29) is 24.7 Å². The van der Waals surface area contributed by atoms with Crippen molar-refractivity contribution in [2.24, 2.45) is 0 Å². The summed E-state index contributed by atoms with van der Waals surface area (Å²) in [4.78, 5) is 16.3. The number of aromatic nitrogens is 1. The molecule has 3 rings (SSSR count). The lowest BCUT2D eigenvalue weighted by molar-refractivity contribution is -0.115. The second-order valence-corrected chi connectivity index (χ2v) is 6.98. The molecule has 2 aromatic carbocycles. The van der Waals surface area contributed by atoms with Gasteiger partial charge in [-0.3, -0.25) is 9.78 Å². The molecule has 1 heterocycles. The molecule has 30 heavy (non-hydrogen) atoms. The van der Waals surface area contributed by atoms with Crippen LogP contribution >= 0.6 is 12.4 Å². The Balaban J connectivity index is 0.00000320. The van der Waals surface area contributed by atoms with Crippen LogP contribution in [0.25, 0.3) is 0 Å². The van der Waals surface area contributed by atoms with Crippen LogP contribution in [-0.4, -0.2) is 29.1 Å². The van der Waals surface area contributed by atoms with Gasteiger partial charge in [0.2, 0.25) is 5.91 Å². The highest BCUT2D eigenvalue weighted by Crippen LogP contribution is 2.12. The number of anilines is 1. The highest BCUT2D eigenvalue weighted by atomic mass is 35.5. The first-order valence-corrected chi connectivity index (χ1v) is 9.93. The fourth-order valence-corrected chi connectivity index (χ4v) is 3.08. The lowest BCUT2D eigenvalue weighted by atomic mass is 10.1. The first-order valence-electron chi connectivity index (χ1n) is 9.93. The number of hydrogen-bond acceptors (Lipinski definition) is 4. The molecule has 0 aliphatic carbocycles. The molecule has 1 unspecified atom stereocenters. The van der Waals surface area contributed by atoms with Crippen molar-refractivity contribution in [3.05, 3.63) is 95.8 Å². The average Bonchev–Trinajstić information content (AvgIpc) is 2.76. The molecule has 0 saturated heterocycles. The Kier molecular flexibility index (Phi) is 10.0. The molecule has 0 saturated carbocycles. The van der Waals surface area contributed by atoms with Gasteiger partial charge in [0.05, 0.1) is 12.5 Å². The van der Waals surface area contributed by atoms with Crippen molar-refractivity contribution in [2.75, 3.05) is 18.4 Å². The molecular formula is C24H28ClN3O2. The topological polar surface area (TPSA) is 74.2 Å². The van der Waals surface area contributed by atoms with Crippen molar-refractivity contribution in [3.63, 3.8) is 0 Å². The number of rotatable bonds is 10. The molecule has 1 amide bonds. The molecule has 5 nitrogen and oxygen atoms in total. The Morgan fingerprint density at radius 2 is 1.70 bits per heavy atom. The fourth-order valence-electron chi connectivity index (χ4n) is 3.08. The summed E-state index contributed by atoms with van der Waals surface area (Å²) in [7, 11) is 0. The molecule has 158 valence electrons. The summed E-state index contributed by atoms with van der Waals surface area (Å²) in [6.45, 7) is 1.39. The number of aliphatic hydroxyl groups is 1. The largest absolute Gasteiger partial charge is 0.387 e. The Morgan fingerprint density at radius 3 is 2.40 bits per heavy atom. The van der Waals surface area contributed by atoms with E-state index in [1.807, 2.05) is 72.8 Å². The van der Waals surface area contributed by atoms with Gasteiger partial charge in [-0.25, -0.2) is 0 Å². The normalized spacial score (nSPS) is 11.4. The van der Waals surface area contributed by atoms with Gasteiger partial charge in [0.25, 0.3) is 0 Å². The minimum Gasteiger partial charge on any atom is -0.387 e. The number of hydrogen-bond donors (Lipinski definition) is 3. The van der Waals surface area contributed by atoms with Gasteiger partial charge in [0, 0.05) is 24.1 Å². The van der Waals surface area contributed by atoms with Gasteiger partial charge in [0.1, 0.15) is 0 Å². The van der Waals surface area contributed by atoms with Crippen molar-refractivity contribution < 1.29 is 9.90 Å². The predicted octanol–water partition coefficient (Wildman–Crippen LogP) is 3.94. The lowest BCUT2D eigenvalue weighted by Gasteiger charge is -2.12. The standard InChI is InChI=1S/C24H27N3O2.ClH/c28-23(20-8-2-1-3-9-20)18-25-15-6-7-19-11-13-21(14-12-19)27-24(29)17-22-10-4-5-16-26-22;/h1-5,8-14,16,23,25,28H,6-7,15,17-18H2,(H,27,29);1H. The second kappa shape index (κ2) is 12.8. The van der Waals surface area contributed by atoms with E-state index in [4.69, 9.17) is 0 Å². The summed E-state index contributed by atoms with van der Waals surface area (Å²) in [5, 5.41) is 16.3. The molecule has 3 aromatic rings. The Morgan fingerprint density at radius 1 is 0.967 bits per heavy atom. The molecule has 0 aliphatic rings.